The van der Waals surface area contributed by atoms with E-state index in [1.165, 1.54) is 13.3 Å². The van der Waals surface area contributed by atoms with Crippen LogP contribution in [0.3, 0.4) is 0 Å². The molecule has 3 aromatic rings. The second kappa shape index (κ2) is 14.6. The number of methoxy groups -OCH3 is 1. The van der Waals surface area contributed by atoms with Crippen LogP contribution < -0.4 is 30.3 Å². The molecule has 0 saturated heterocycles. The quantitative estimate of drug-likeness (QED) is 0.118. The molecule has 3 N–H and O–H groups in total. The van der Waals surface area contributed by atoms with E-state index in [4.69, 9.17) is 37.4 Å². The van der Waals surface area contributed by atoms with Gasteiger partial charge in [0.2, 0.25) is 0 Å². The van der Waals surface area contributed by atoms with Gasteiger partial charge in [-0.05, 0) is 77.5 Å². The molecule has 0 saturated carbocycles. The molecule has 3 rings (SSSR count). The van der Waals surface area contributed by atoms with Gasteiger partial charge in [0.25, 0.3) is 5.91 Å². The lowest BCUT2D eigenvalue weighted by Crippen LogP contribution is -2.32. The van der Waals surface area contributed by atoms with Crippen molar-refractivity contribution in [1.82, 2.24) is 5.43 Å². The fourth-order valence-electron chi connectivity index (χ4n) is 3.16. The van der Waals surface area contributed by atoms with Crippen LogP contribution >= 0.6 is 45.8 Å². The molecule has 0 aliphatic heterocycles. The number of anilines is 2. The van der Waals surface area contributed by atoms with E-state index in [9.17, 15) is 14.4 Å². The van der Waals surface area contributed by atoms with Gasteiger partial charge in [0.05, 0.1) is 29.2 Å². The van der Waals surface area contributed by atoms with Gasteiger partial charge in [-0.1, -0.05) is 35.3 Å². The molecule has 0 heterocycles. The Labute approximate surface area is 248 Å². The van der Waals surface area contributed by atoms with Crippen LogP contribution in [-0.4, -0.2) is 44.3 Å². The normalized spacial score (nSPS) is 10.6. The fraction of sp³-hybridized carbons (Fsp3) is 0.154. The Kier molecular flexibility index (Phi) is 11.2. The first-order valence-corrected chi connectivity index (χ1v) is 13.2. The number of amides is 3. The summed E-state index contributed by atoms with van der Waals surface area (Å²) < 4.78 is 17.1. The molecule has 0 bridgehead atoms. The maximum Gasteiger partial charge on any atom is 0.329 e. The van der Waals surface area contributed by atoms with Crippen molar-refractivity contribution in [2.24, 2.45) is 5.10 Å². The van der Waals surface area contributed by atoms with Crippen LogP contribution in [0.25, 0.3) is 0 Å². The average Bonchev–Trinajstić information content (AvgIpc) is 2.88. The van der Waals surface area contributed by atoms with Crippen molar-refractivity contribution in [3.63, 3.8) is 0 Å². The summed E-state index contributed by atoms with van der Waals surface area (Å²) in [6, 6.07) is 14.7. The van der Waals surface area contributed by atoms with Gasteiger partial charge in [0, 0.05) is 15.7 Å². The van der Waals surface area contributed by atoms with Gasteiger partial charge in [-0.15, -0.1) is 0 Å². The number of para-hydroxylation sites is 2. The predicted molar refractivity (Wildman–Crippen MR) is 158 cm³/mol. The molecule has 204 valence electrons. The lowest BCUT2D eigenvalue weighted by atomic mass is 10.2. The van der Waals surface area contributed by atoms with Crippen molar-refractivity contribution in [3.8, 4) is 17.2 Å². The Hall–Kier alpha value is -3.55. The minimum Gasteiger partial charge on any atom is -0.493 e. The first kappa shape index (κ1) is 30.0. The standard InChI is InChI=1S/C26H23Cl2IN4O6/c1-3-38-21-7-5-4-6-20(21)32-25(35)26(36)33-30-13-15-8-19(29)24(22(9-15)37-2)39-14-23(34)31-18-11-16(27)10-17(28)12-18/h4-13H,3,14H2,1-2H3,(H,31,34)(H,32,35)(H,33,36)/b30-13-. The van der Waals surface area contributed by atoms with Gasteiger partial charge in [0.15, 0.2) is 18.1 Å². The largest absolute Gasteiger partial charge is 0.493 e. The van der Waals surface area contributed by atoms with Crippen molar-refractivity contribution in [3.05, 3.63) is 73.8 Å². The Morgan fingerprint density at radius 1 is 0.949 bits per heavy atom. The lowest BCUT2D eigenvalue weighted by molar-refractivity contribution is -0.136. The van der Waals surface area contributed by atoms with Crippen LogP contribution in [-0.2, 0) is 14.4 Å². The molecule has 0 atom stereocenters. The summed E-state index contributed by atoms with van der Waals surface area (Å²) >= 11 is 13.9. The lowest BCUT2D eigenvalue weighted by Gasteiger charge is -2.13. The summed E-state index contributed by atoms with van der Waals surface area (Å²) in [6.45, 7) is 1.91. The zero-order valence-electron chi connectivity index (χ0n) is 20.7. The number of hydrogen-bond donors (Lipinski definition) is 3. The smallest absolute Gasteiger partial charge is 0.329 e. The molecule has 0 radical (unpaired) electrons. The van der Waals surface area contributed by atoms with Crippen LogP contribution in [0.5, 0.6) is 17.2 Å². The molecule has 10 nitrogen and oxygen atoms in total. The highest BCUT2D eigenvalue weighted by molar-refractivity contribution is 14.1. The Balaban J connectivity index is 1.59. The molecule has 0 fully saturated rings. The van der Waals surface area contributed by atoms with Crippen molar-refractivity contribution < 1.29 is 28.6 Å². The summed E-state index contributed by atoms with van der Waals surface area (Å²) in [6.07, 6.45) is 1.34. The number of benzene rings is 3. The highest BCUT2D eigenvalue weighted by Crippen LogP contribution is 2.33. The van der Waals surface area contributed by atoms with E-state index >= 15 is 0 Å². The van der Waals surface area contributed by atoms with Crippen molar-refractivity contribution in [1.29, 1.82) is 0 Å². The van der Waals surface area contributed by atoms with Crippen LogP contribution in [0.4, 0.5) is 11.4 Å². The van der Waals surface area contributed by atoms with Crippen LogP contribution in [0.15, 0.2) is 59.7 Å². The molecule has 13 heteroatoms. The third-order valence-corrected chi connectivity index (χ3v) is 6.00. The molecule has 3 amide bonds. The summed E-state index contributed by atoms with van der Waals surface area (Å²) in [7, 11) is 1.44. The second-order valence-electron chi connectivity index (χ2n) is 7.61. The SMILES string of the molecule is CCOc1ccccc1NC(=O)C(=O)N/N=C\c1cc(I)c(OCC(=O)Nc2cc(Cl)cc(Cl)c2)c(OC)c1. The molecule has 3 aromatic carbocycles. The Morgan fingerprint density at radius 2 is 1.67 bits per heavy atom. The summed E-state index contributed by atoms with van der Waals surface area (Å²) in [5.74, 6) is -1.19. The average molecular weight is 685 g/mol. The van der Waals surface area contributed by atoms with E-state index in [0.29, 0.717) is 54.4 Å². The number of hydrazone groups is 1. The number of hydrogen-bond acceptors (Lipinski definition) is 7. The molecule has 0 aliphatic rings. The number of carbonyl (C=O) groups is 3. The van der Waals surface area contributed by atoms with Crippen molar-refractivity contribution >= 4 is 81.1 Å². The van der Waals surface area contributed by atoms with Crippen molar-refractivity contribution in [2.45, 2.75) is 6.92 Å². The Morgan fingerprint density at radius 3 is 2.36 bits per heavy atom. The molecule has 0 unspecified atom stereocenters. The summed E-state index contributed by atoms with van der Waals surface area (Å²) in [5, 5.41) is 9.76. The van der Waals surface area contributed by atoms with E-state index in [1.54, 1.807) is 54.6 Å². The molecular formula is C26H23Cl2IN4O6. The van der Waals surface area contributed by atoms with Crippen LogP contribution in [0.2, 0.25) is 10.0 Å². The first-order valence-electron chi connectivity index (χ1n) is 11.3. The topological polar surface area (TPSA) is 127 Å². The number of rotatable bonds is 10. The fourth-order valence-corrected chi connectivity index (χ4v) is 4.47. The van der Waals surface area contributed by atoms with Gasteiger partial charge in [-0.25, -0.2) is 5.43 Å². The summed E-state index contributed by atoms with van der Waals surface area (Å²) in [5.41, 5.74) is 3.52. The molecular weight excluding hydrogens is 662 g/mol. The third-order valence-electron chi connectivity index (χ3n) is 4.77. The number of carbonyl (C=O) groups excluding carboxylic acids is 3. The van der Waals surface area contributed by atoms with E-state index in [1.807, 2.05) is 29.5 Å². The van der Waals surface area contributed by atoms with Crippen LogP contribution in [0, 0.1) is 3.57 Å². The van der Waals surface area contributed by atoms with Gasteiger partial charge in [-0.3, -0.25) is 14.4 Å². The zero-order chi connectivity index (χ0) is 28.4. The van der Waals surface area contributed by atoms with E-state index in [-0.39, 0.29) is 6.61 Å². The summed E-state index contributed by atoms with van der Waals surface area (Å²) in [4.78, 5) is 36.8. The van der Waals surface area contributed by atoms with Gasteiger partial charge < -0.3 is 24.8 Å². The maximum absolute atomic E-state index is 12.3. The van der Waals surface area contributed by atoms with E-state index in [2.05, 4.69) is 21.2 Å². The van der Waals surface area contributed by atoms with E-state index in [0.717, 1.165) is 0 Å². The van der Waals surface area contributed by atoms with Crippen LogP contribution in [0.1, 0.15) is 12.5 Å². The number of nitrogens with zero attached hydrogens (tertiary/aromatic N) is 1. The van der Waals surface area contributed by atoms with Gasteiger partial charge in [0.1, 0.15) is 5.75 Å². The minimum absolute atomic E-state index is 0.304. The molecule has 39 heavy (non-hydrogen) atoms. The number of ether oxygens (including phenoxy) is 3. The highest BCUT2D eigenvalue weighted by atomic mass is 127. The molecule has 0 spiro atoms. The first-order chi connectivity index (χ1) is 18.7. The molecule has 0 aliphatic carbocycles. The number of nitrogens with one attached hydrogen (secondary N) is 3. The molecule has 0 aromatic heterocycles. The highest BCUT2D eigenvalue weighted by Gasteiger charge is 2.16. The van der Waals surface area contributed by atoms with Gasteiger partial charge in [-0.2, -0.15) is 5.10 Å². The number of halogens is 3. The monoisotopic (exact) mass is 684 g/mol. The predicted octanol–water partition coefficient (Wildman–Crippen LogP) is 5.11. The van der Waals surface area contributed by atoms with Gasteiger partial charge >= 0.3 is 11.8 Å². The minimum atomic E-state index is -0.967. The second-order valence-corrected chi connectivity index (χ2v) is 9.65. The Bertz CT molecular complexity index is 1380. The van der Waals surface area contributed by atoms with Crippen molar-refractivity contribution in [2.75, 3.05) is 31.0 Å². The third kappa shape index (κ3) is 9.01. The zero-order valence-corrected chi connectivity index (χ0v) is 24.4. The maximum atomic E-state index is 12.3. The van der Waals surface area contributed by atoms with E-state index < -0.39 is 17.7 Å².